The number of rotatable bonds is 2. The summed E-state index contributed by atoms with van der Waals surface area (Å²) in [5.41, 5.74) is 1.50. The summed E-state index contributed by atoms with van der Waals surface area (Å²) in [5.74, 6) is -0.428. The Morgan fingerprint density at radius 1 is 1.12 bits per heavy atom. The lowest BCUT2D eigenvalue weighted by atomic mass is 10.2. The van der Waals surface area contributed by atoms with Crippen LogP contribution in [0.4, 0.5) is 15.8 Å². The minimum absolute atomic E-state index is 0.315. The lowest BCUT2D eigenvalue weighted by Gasteiger charge is -2.07. The third-order valence-electron chi connectivity index (χ3n) is 2.22. The molecule has 0 atom stereocenters. The second kappa shape index (κ2) is 5.15. The average Bonchev–Trinajstić information content (AvgIpc) is 2.34. The van der Waals surface area contributed by atoms with Crippen LogP contribution in [0.5, 0.6) is 0 Å². The van der Waals surface area contributed by atoms with Crippen molar-refractivity contribution in [1.82, 2.24) is 0 Å². The Kier molecular flexibility index (Phi) is 3.59. The van der Waals surface area contributed by atoms with Gasteiger partial charge in [0.05, 0.1) is 17.3 Å². The molecule has 0 aliphatic rings. The standard InChI is InChI=1S/C13H8FIN2/c14-12-7-9(8-16)1-6-13(12)17-11-4-2-10(15)3-5-11/h1-7,17H. The molecule has 2 aromatic carbocycles. The van der Waals surface area contributed by atoms with Crippen LogP contribution in [-0.2, 0) is 0 Å². The maximum atomic E-state index is 13.6. The van der Waals surface area contributed by atoms with E-state index in [1.165, 1.54) is 6.07 Å². The van der Waals surface area contributed by atoms with Crippen LogP contribution in [0.15, 0.2) is 42.5 Å². The molecule has 0 heterocycles. The van der Waals surface area contributed by atoms with Crippen molar-refractivity contribution in [1.29, 1.82) is 5.26 Å². The zero-order chi connectivity index (χ0) is 12.3. The predicted molar refractivity (Wildman–Crippen MR) is 73.6 cm³/mol. The quantitative estimate of drug-likeness (QED) is 0.839. The Balaban J connectivity index is 2.25. The van der Waals surface area contributed by atoms with Crippen LogP contribution in [0.1, 0.15) is 5.56 Å². The van der Waals surface area contributed by atoms with Gasteiger partial charge in [0.1, 0.15) is 5.82 Å². The van der Waals surface area contributed by atoms with Crippen molar-refractivity contribution in [2.24, 2.45) is 0 Å². The Morgan fingerprint density at radius 3 is 2.41 bits per heavy atom. The van der Waals surface area contributed by atoms with E-state index >= 15 is 0 Å². The largest absolute Gasteiger partial charge is 0.353 e. The van der Waals surface area contributed by atoms with Gasteiger partial charge < -0.3 is 5.32 Å². The molecule has 0 aliphatic carbocycles. The third-order valence-corrected chi connectivity index (χ3v) is 2.94. The second-order valence-corrected chi connectivity index (χ2v) is 4.68. The first-order valence-corrected chi connectivity index (χ1v) is 5.99. The van der Waals surface area contributed by atoms with E-state index in [0.717, 1.165) is 9.26 Å². The van der Waals surface area contributed by atoms with E-state index in [-0.39, 0.29) is 0 Å². The highest BCUT2D eigenvalue weighted by Gasteiger charge is 2.03. The molecule has 0 spiro atoms. The van der Waals surface area contributed by atoms with Gasteiger partial charge in [-0.15, -0.1) is 0 Å². The molecule has 2 rings (SSSR count). The van der Waals surface area contributed by atoms with E-state index in [9.17, 15) is 4.39 Å². The second-order valence-electron chi connectivity index (χ2n) is 3.44. The Hall–Kier alpha value is -1.61. The van der Waals surface area contributed by atoms with E-state index in [1.807, 2.05) is 30.3 Å². The van der Waals surface area contributed by atoms with E-state index in [0.29, 0.717) is 11.3 Å². The van der Waals surface area contributed by atoms with Gasteiger partial charge in [-0.25, -0.2) is 4.39 Å². The summed E-state index contributed by atoms with van der Waals surface area (Å²) in [6.45, 7) is 0. The fraction of sp³-hybridized carbons (Fsp3) is 0. The molecule has 84 valence electrons. The zero-order valence-corrected chi connectivity index (χ0v) is 10.9. The monoisotopic (exact) mass is 338 g/mol. The Labute approximate surface area is 112 Å². The van der Waals surface area contributed by atoms with Crippen LogP contribution in [0, 0.1) is 20.7 Å². The molecule has 0 aliphatic heterocycles. The normalized spacial score (nSPS) is 9.71. The molecule has 0 radical (unpaired) electrons. The number of nitrogens with zero attached hydrogens (tertiary/aromatic N) is 1. The highest BCUT2D eigenvalue weighted by molar-refractivity contribution is 14.1. The van der Waals surface area contributed by atoms with E-state index in [4.69, 9.17) is 5.26 Å². The van der Waals surface area contributed by atoms with Crippen molar-refractivity contribution in [2.45, 2.75) is 0 Å². The van der Waals surface area contributed by atoms with Gasteiger partial charge in [-0.3, -0.25) is 0 Å². The van der Waals surface area contributed by atoms with Gasteiger partial charge in [-0.05, 0) is 65.1 Å². The molecule has 17 heavy (non-hydrogen) atoms. The molecule has 2 aromatic rings. The van der Waals surface area contributed by atoms with Gasteiger partial charge in [0, 0.05) is 9.26 Å². The van der Waals surface area contributed by atoms with Crippen LogP contribution in [0.25, 0.3) is 0 Å². The van der Waals surface area contributed by atoms with Gasteiger partial charge in [-0.1, -0.05) is 0 Å². The van der Waals surface area contributed by atoms with Crippen molar-refractivity contribution in [3.63, 3.8) is 0 Å². The molecule has 0 bridgehead atoms. The van der Waals surface area contributed by atoms with Crippen LogP contribution in [-0.4, -0.2) is 0 Å². The lowest BCUT2D eigenvalue weighted by Crippen LogP contribution is -1.94. The van der Waals surface area contributed by atoms with E-state index in [2.05, 4.69) is 27.9 Å². The zero-order valence-electron chi connectivity index (χ0n) is 8.74. The number of hydrogen-bond acceptors (Lipinski definition) is 2. The molecule has 0 amide bonds. The first-order chi connectivity index (χ1) is 8.19. The first kappa shape index (κ1) is 11.9. The number of nitriles is 1. The van der Waals surface area contributed by atoms with Crippen LogP contribution >= 0.6 is 22.6 Å². The summed E-state index contributed by atoms with van der Waals surface area (Å²) in [4.78, 5) is 0. The molecule has 1 N–H and O–H groups in total. The predicted octanol–water partition coefficient (Wildman–Crippen LogP) is 4.05. The maximum Gasteiger partial charge on any atom is 0.147 e. The Morgan fingerprint density at radius 2 is 1.82 bits per heavy atom. The van der Waals surface area contributed by atoms with Gasteiger partial charge in [-0.2, -0.15) is 5.26 Å². The molecule has 4 heteroatoms. The number of hydrogen-bond donors (Lipinski definition) is 1. The topological polar surface area (TPSA) is 35.8 Å². The number of anilines is 2. The van der Waals surface area contributed by atoms with Crippen LogP contribution in [0.3, 0.4) is 0 Å². The van der Waals surface area contributed by atoms with Crippen LogP contribution < -0.4 is 5.32 Å². The minimum Gasteiger partial charge on any atom is -0.353 e. The van der Waals surface area contributed by atoms with Gasteiger partial charge in [0.25, 0.3) is 0 Å². The number of nitrogens with one attached hydrogen (secondary N) is 1. The van der Waals surface area contributed by atoms with Crippen molar-refractivity contribution in [3.8, 4) is 6.07 Å². The molecule has 2 nitrogen and oxygen atoms in total. The van der Waals surface area contributed by atoms with Crippen molar-refractivity contribution < 1.29 is 4.39 Å². The summed E-state index contributed by atoms with van der Waals surface area (Å²) in [6.07, 6.45) is 0. The molecule has 0 aromatic heterocycles. The highest BCUT2D eigenvalue weighted by Crippen LogP contribution is 2.21. The molecular formula is C13H8FIN2. The molecular weight excluding hydrogens is 330 g/mol. The smallest absolute Gasteiger partial charge is 0.147 e. The van der Waals surface area contributed by atoms with Crippen molar-refractivity contribution in [3.05, 3.63) is 57.4 Å². The van der Waals surface area contributed by atoms with Crippen LogP contribution in [0.2, 0.25) is 0 Å². The summed E-state index contributed by atoms with van der Waals surface area (Å²) < 4.78 is 14.7. The van der Waals surface area contributed by atoms with E-state index in [1.54, 1.807) is 12.1 Å². The molecule has 0 saturated carbocycles. The lowest BCUT2D eigenvalue weighted by molar-refractivity contribution is 0.631. The summed E-state index contributed by atoms with van der Waals surface area (Å²) >= 11 is 2.21. The van der Waals surface area contributed by atoms with Gasteiger partial charge in [0.2, 0.25) is 0 Å². The van der Waals surface area contributed by atoms with Crippen molar-refractivity contribution >= 4 is 34.0 Å². The van der Waals surface area contributed by atoms with Crippen molar-refractivity contribution in [2.75, 3.05) is 5.32 Å². The average molecular weight is 338 g/mol. The van der Waals surface area contributed by atoms with Gasteiger partial charge in [0.15, 0.2) is 0 Å². The summed E-state index contributed by atoms with van der Waals surface area (Å²) in [5, 5.41) is 11.6. The Bertz CT molecular complexity index is 573. The third kappa shape index (κ3) is 2.94. The first-order valence-electron chi connectivity index (χ1n) is 4.91. The summed E-state index contributed by atoms with van der Waals surface area (Å²) in [7, 11) is 0. The number of benzene rings is 2. The SMILES string of the molecule is N#Cc1ccc(Nc2ccc(I)cc2)c(F)c1. The molecule has 0 unspecified atom stereocenters. The van der Waals surface area contributed by atoms with Gasteiger partial charge >= 0.3 is 0 Å². The fourth-order valence-electron chi connectivity index (χ4n) is 1.37. The maximum absolute atomic E-state index is 13.6. The molecule has 0 saturated heterocycles. The summed E-state index contributed by atoms with van der Waals surface area (Å²) in [6, 6.07) is 13.9. The fourth-order valence-corrected chi connectivity index (χ4v) is 1.73. The highest BCUT2D eigenvalue weighted by atomic mass is 127. The minimum atomic E-state index is -0.428. The molecule has 0 fully saturated rings. The van der Waals surface area contributed by atoms with E-state index < -0.39 is 5.82 Å². The number of halogens is 2.